The van der Waals surface area contributed by atoms with Crippen molar-refractivity contribution in [2.45, 2.75) is 86.9 Å². The lowest BCUT2D eigenvalue weighted by Crippen LogP contribution is -2.95. The third-order valence-electron chi connectivity index (χ3n) is 7.43. The molecule has 8 N–H and O–H groups in total. The lowest BCUT2D eigenvalue weighted by atomic mass is 9.53. The summed E-state index contributed by atoms with van der Waals surface area (Å²) in [5, 5.41) is 85.8. The van der Waals surface area contributed by atoms with Crippen molar-refractivity contribution in [2.24, 2.45) is 0 Å². The second-order valence-corrected chi connectivity index (χ2v) is 9.46. The van der Waals surface area contributed by atoms with Crippen LogP contribution in [0.1, 0.15) is 34.6 Å². The predicted octanol–water partition coefficient (Wildman–Crippen LogP) is -5.60. The van der Waals surface area contributed by atoms with Gasteiger partial charge in [0.05, 0.1) is 13.2 Å². The Balaban J connectivity index is 3.18. The molecule has 2 rings (SSSR count). The molecule has 2 aliphatic rings. The van der Waals surface area contributed by atoms with E-state index in [9.17, 15) is 64.8 Å². The van der Waals surface area contributed by atoms with E-state index in [2.05, 4.69) is 0 Å². The van der Waals surface area contributed by atoms with Gasteiger partial charge in [0.1, 0.15) is 24.9 Å². The monoisotopic (exact) mass is 552 g/mol. The molecule has 216 valence electrons. The summed E-state index contributed by atoms with van der Waals surface area (Å²) in [5.41, 5.74) is -15.8. The standard InChI is InChI=1S/C22H32O16/c1-9(26)17(7-24)19(33,10(2)27)20(34,11(3)28)21(35,12(4)29)22(37-17,13(5)30)38-18(8-25)16(32)15(31)14(6-23)36-18/h14-16,23-25,31-35H,6-8H2,1-5H3/t14-,15-,16+,17+,18?,19-,20+,21-,22+/m1/s1. The molecule has 0 saturated carbocycles. The van der Waals surface area contributed by atoms with E-state index in [0.29, 0.717) is 34.6 Å². The molecule has 0 radical (unpaired) electrons. The quantitative estimate of drug-likeness (QED) is 0.125. The fraction of sp³-hybridized carbons (Fsp3) is 0.773. The van der Waals surface area contributed by atoms with Gasteiger partial charge in [-0.3, -0.25) is 24.0 Å². The normalized spacial score (nSPS) is 45.0. The second kappa shape index (κ2) is 9.83. The van der Waals surface area contributed by atoms with Crippen LogP contribution in [0.25, 0.3) is 0 Å². The number of Topliss-reactive ketones (excluding diaryl/α,β-unsaturated/α-hetero) is 5. The van der Waals surface area contributed by atoms with Crippen LogP contribution in [-0.4, -0.2) is 142 Å². The maximum Gasteiger partial charge on any atom is 0.273 e. The van der Waals surface area contributed by atoms with E-state index in [0.717, 1.165) is 0 Å². The number of carbonyl (C=O) groups excluding carboxylic acids is 5. The highest BCUT2D eigenvalue weighted by atomic mass is 16.8. The van der Waals surface area contributed by atoms with Gasteiger partial charge < -0.3 is 55.1 Å². The van der Waals surface area contributed by atoms with Crippen LogP contribution in [0, 0.1) is 0 Å². The van der Waals surface area contributed by atoms with Crippen molar-refractivity contribution in [3.63, 3.8) is 0 Å². The van der Waals surface area contributed by atoms with E-state index in [-0.39, 0.29) is 0 Å². The van der Waals surface area contributed by atoms with Crippen LogP contribution >= 0.6 is 0 Å². The molecule has 2 fully saturated rings. The van der Waals surface area contributed by atoms with Gasteiger partial charge in [0.15, 0.2) is 34.5 Å². The number of hydrogen-bond acceptors (Lipinski definition) is 16. The highest BCUT2D eigenvalue weighted by Gasteiger charge is 2.90. The topological polar surface area (TPSA) is 275 Å². The van der Waals surface area contributed by atoms with Crippen LogP contribution in [0.3, 0.4) is 0 Å². The number of hydrogen-bond donors (Lipinski definition) is 8. The average Bonchev–Trinajstić information content (AvgIpc) is 3.08. The average molecular weight is 552 g/mol. The molecule has 16 nitrogen and oxygen atoms in total. The van der Waals surface area contributed by atoms with E-state index in [1.165, 1.54) is 0 Å². The summed E-state index contributed by atoms with van der Waals surface area (Å²) in [6, 6.07) is 0. The Bertz CT molecular complexity index is 1040. The molecule has 16 heteroatoms. The summed E-state index contributed by atoms with van der Waals surface area (Å²) in [5.74, 6) is -15.4. The number of aliphatic hydroxyl groups is 8. The molecule has 1 unspecified atom stereocenters. The molecule has 0 aromatic heterocycles. The molecule has 9 atom stereocenters. The molecule has 0 aliphatic carbocycles. The first-order valence-corrected chi connectivity index (χ1v) is 11.2. The Morgan fingerprint density at radius 1 is 0.711 bits per heavy atom. The van der Waals surface area contributed by atoms with Crippen LogP contribution in [0.2, 0.25) is 0 Å². The van der Waals surface area contributed by atoms with Crippen molar-refractivity contribution in [3.8, 4) is 0 Å². The summed E-state index contributed by atoms with van der Waals surface area (Å²) in [4.78, 5) is 65.1. The minimum Gasteiger partial charge on any atom is -0.394 e. The lowest BCUT2D eigenvalue weighted by Gasteiger charge is -2.65. The Labute approximate surface area is 215 Å². The summed E-state index contributed by atoms with van der Waals surface area (Å²) >= 11 is 0. The van der Waals surface area contributed by atoms with Crippen LogP contribution in [0.4, 0.5) is 0 Å². The number of rotatable bonds is 10. The van der Waals surface area contributed by atoms with E-state index < -0.39 is 101 Å². The van der Waals surface area contributed by atoms with Gasteiger partial charge in [-0.2, -0.15) is 0 Å². The van der Waals surface area contributed by atoms with E-state index in [4.69, 9.17) is 14.2 Å². The van der Waals surface area contributed by atoms with Gasteiger partial charge in [-0.05, 0) is 27.7 Å². The van der Waals surface area contributed by atoms with E-state index in [1.807, 2.05) is 0 Å². The summed E-state index contributed by atoms with van der Waals surface area (Å²) in [6.07, 6.45) is -6.14. The Kier molecular flexibility index (Phi) is 8.31. The SMILES string of the molecule is CC(=O)[C@@]1(OC2(CO)O[C@H](CO)[C@@H](O)[C@@H]2O)O[C@@](CO)(C(C)=O)[C@](O)(C(C)=O)[C@@](O)(C(C)=O)[C@]1(O)C(C)=O. The van der Waals surface area contributed by atoms with Gasteiger partial charge in [0.2, 0.25) is 22.6 Å². The van der Waals surface area contributed by atoms with Crippen molar-refractivity contribution in [1.29, 1.82) is 0 Å². The summed E-state index contributed by atoms with van der Waals surface area (Å²) in [7, 11) is 0. The van der Waals surface area contributed by atoms with Crippen molar-refractivity contribution in [1.82, 2.24) is 0 Å². The Morgan fingerprint density at radius 2 is 1.18 bits per heavy atom. The zero-order chi connectivity index (χ0) is 29.9. The molecule has 0 spiro atoms. The fourth-order valence-corrected chi connectivity index (χ4v) is 5.29. The molecule has 0 amide bonds. The molecule has 0 aromatic carbocycles. The number of ketones is 5. The van der Waals surface area contributed by atoms with Crippen molar-refractivity contribution in [2.75, 3.05) is 19.8 Å². The van der Waals surface area contributed by atoms with Gasteiger partial charge >= 0.3 is 0 Å². The maximum atomic E-state index is 13.3. The number of carbonyl (C=O) groups is 5. The first-order valence-electron chi connectivity index (χ1n) is 11.2. The first-order chi connectivity index (χ1) is 17.2. The van der Waals surface area contributed by atoms with Crippen LogP contribution in [0.5, 0.6) is 0 Å². The van der Waals surface area contributed by atoms with Crippen LogP contribution < -0.4 is 0 Å². The number of ether oxygens (including phenoxy) is 3. The lowest BCUT2D eigenvalue weighted by molar-refractivity contribution is -0.459. The molecule has 0 bridgehead atoms. The molecular formula is C22H32O16. The van der Waals surface area contributed by atoms with Gasteiger partial charge in [-0.15, -0.1) is 0 Å². The zero-order valence-electron chi connectivity index (χ0n) is 21.2. The van der Waals surface area contributed by atoms with Crippen molar-refractivity contribution < 1.29 is 79.0 Å². The second-order valence-electron chi connectivity index (χ2n) is 9.46. The number of aliphatic hydroxyl groups excluding tert-OH is 5. The smallest absolute Gasteiger partial charge is 0.273 e. The maximum absolute atomic E-state index is 13.3. The molecule has 2 saturated heterocycles. The van der Waals surface area contributed by atoms with E-state index in [1.54, 1.807) is 0 Å². The van der Waals surface area contributed by atoms with Crippen LogP contribution in [-0.2, 0) is 38.2 Å². The molecule has 2 heterocycles. The zero-order valence-corrected chi connectivity index (χ0v) is 21.2. The van der Waals surface area contributed by atoms with Gasteiger partial charge in [0, 0.05) is 6.92 Å². The first kappa shape index (κ1) is 32.1. The minimum absolute atomic E-state index is 0.467. The van der Waals surface area contributed by atoms with Crippen molar-refractivity contribution in [3.05, 3.63) is 0 Å². The minimum atomic E-state index is -4.19. The molecular weight excluding hydrogens is 520 g/mol. The summed E-state index contributed by atoms with van der Waals surface area (Å²) in [6.45, 7) is -1.70. The molecule has 38 heavy (non-hydrogen) atoms. The molecule has 2 aliphatic heterocycles. The van der Waals surface area contributed by atoms with E-state index >= 15 is 0 Å². The van der Waals surface area contributed by atoms with Gasteiger partial charge in [-0.1, -0.05) is 0 Å². The molecule has 0 aromatic rings. The highest BCUT2D eigenvalue weighted by molar-refractivity contribution is 6.12. The Hall–Kier alpha value is -2.09. The van der Waals surface area contributed by atoms with Crippen LogP contribution in [0.15, 0.2) is 0 Å². The van der Waals surface area contributed by atoms with Crippen molar-refractivity contribution >= 4 is 28.9 Å². The highest BCUT2D eigenvalue weighted by Crippen LogP contribution is 2.57. The fourth-order valence-electron chi connectivity index (χ4n) is 5.29. The summed E-state index contributed by atoms with van der Waals surface area (Å²) < 4.78 is 16.0. The Morgan fingerprint density at radius 3 is 1.47 bits per heavy atom. The third-order valence-corrected chi connectivity index (χ3v) is 7.43. The third kappa shape index (κ3) is 3.47. The van der Waals surface area contributed by atoms with Gasteiger partial charge in [-0.25, -0.2) is 0 Å². The largest absolute Gasteiger partial charge is 0.394 e. The van der Waals surface area contributed by atoms with Gasteiger partial charge in [0.25, 0.3) is 5.79 Å². The predicted molar refractivity (Wildman–Crippen MR) is 117 cm³/mol.